The Morgan fingerprint density at radius 2 is 1.95 bits per heavy atom. The molecule has 0 unspecified atom stereocenters. The number of anilines is 1. The van der Waals surface area contributed by atoms with Gasteiger partial charge in [0.05, 0.1) is 5.56 Å². The largest absolute Gasteiger partial charge is 0.448 e. The summed E-state index contributed by atoms with van der Waals surface area (Å²) in [6, 6.07) is 13.1. The van der Waals surface area contributed by atoms with Crippen LogP contribution in [0.5, 0.6) is 0 Å². The number of rotatable bonds is 2. The van der Waals surface area contributed by atoms with Crippen LogP contribution in [0.3, 0.4) is 0 Å². The molecule has 0 radical (unpaired) electrons. The first-order valence-electron chi connectivity index (χ1n) is 7.21. The van der Waals surface area contributed by atoms with E-state index in [2.05, 4.69) is 5.32 Å². The number of hydrogen-bond acceptors (Lipinski definition) is 3. The predicted molar refractivity (Wildman–Crippen MR) is 83.9 cm³/mol. The summed E-state index contributed by atoms with van der Waals surface area (Å²) < 4.78 is 5.27. The van der Waals surface area contributed by atoms with Gasteiger partial charge in [0.25, 0.3) is 5.91 Å². The summed E-state index contributed by atoms with van der Waals surface area (Å²) in [6.07, 6.45) is -0.388. The fourth-order valence-corrected chi connectivity index (χ4v) is 2.56. The number of esters is 1. The topological polar surface area (TPSA) is 55.4 Å². The third-order valence-electron chi connectivity index (χ3n) is 3.84. The molecule has 4 heteroatoms. The molecule has 22 heavy (non-hydrogen) atoms. The molecule has 0 spiro atoms. The molecule has 1 aliphatic rings. The minimum Gasteiger partial charge on any atom is -0.448 e. The first-order valence-corrected chi connectivity index (χ1v) is 7.21. The van der Waals surface area contributed by atoms with Crippen LogP contribution in [0, 0.1) is 13.8 Å². The Morgan fingerprint density at radius 1 is 1.18 bits per heavy atom. The number of cyclic esters (lactones) is 1. The highest BCUT2D eigenvalue weighted by atomic mass is 16.5. The molecule has 1 heterocycles. The Hall–Kier alpha value is -2.62. The van der Waals surface area contributed by atoms with Gasteiger partial charge in [-0.1, -0.05) is 30.3 Å². The van der Waals surface area contributed by atoms with E-state index in [0.29, 0.717) is 12.0 Å². The quantitative estimate of drug-likeness (QED) is 0.866. The molecule has 3 rings (SSSR count). The smallest absolute Gasteiger partial charge is 0.339 e. The third kappa shape index (κ3) is 2.72. The van der Waals surface area contributed by atoms with Crippen LogP contribution in [0.25, 0.3) is 0 Å². The standard InChI is InChI=1S/C18H17NO3/c1-11-7-8-12(2)15(9-11)19-17(20)16-10-13-5-3-4-6-14(13)18(21)22-16/h3-9,16H,10H2,1-2H3,(H,19,20)/t16-/m0/s1. The number of hydrogen-bond donors (Lipinski definition) is 1. The predicted octanol–water partition coefficient (Wildman–Crippen LogP) is 3.02. The van der Waals surface area contributed by atoms with Crippen molar-refractivity contribution in [1.29, 1.82) is 0 Å². The van der Waals surface area contributed by atoms with Crippen molar-refractivity contribution in [3.8, 4) is 0 Å². The van der Waals surface area contributed by atoms with Gasteiger partial charge in [-0.2, -0.15) is 0 Å². The lowest BCUT2D eigenvalue weighted by molar-refractivity contribution is -0.125. The third-order valence-corrected chi connectivity index (χ3v) is 3.84. The summed E-state index contributed by atoms with van der Waals surface area (Å²) in [5.41, 5.74) is 4.17. The van der Waals surface area contributed by atoms with Crippen LogP contribution in [0.2, 0.25) is 0 Å². The molecule has 1 amide bonds. The zero-order chi connectivity index (χ0) is 15.7. The fraction of sp³-hybridized carbons (Fsp3) is 0.222. The number of benzene rings is 2. The van der Waals surface area contributed by atoms with Crippen molar-refractivity contribution in [1.82, 2.24) is 0 Å². The minimum atomic E-state index is -0.790. The maximum atomic E-state index is 12.4. The molecule has 4 nitrogen and oxygen atoms in total. The van der Waals surface area contributed by atoms with Crippen LogP contribution < -0.4 is 5.32 Å². The molecule has 1 atom stereocenters. The Labute approximate surface area is 129 Å². The second-order valence-corrected chi connectivity index (χ2v) is 5.56. The molecule has 1 N–H and O–H groups in total. The van der Waals surface area contributed by atoms with Gasteiger partial charge < -0.3 is 10.1 Å². The van der Waals surface area contributed by atoms with Crippen molar-refractivity contribution >= 4 is 17.6 Å². The Balaban J connectivity index is 1.79. The van der Waals surface area contributed by atoms with Gasteiger partial charge in [0.15, 0.2) is 6.10 Å². The molecule has 1 aliphatic heterocycles. The lowest BCUT2D eigenvalue weighted by Crippen LogP contribution is -2.38. The molecule has 112 valence electrons. The number of nitrogens with one attached hydrogen (secondary N) is 1. The van der Waals surface area contributed by atoms with E-state index in [0.717, 1.165) is 22.4 Å². The Kier molecular flexibility index (Phi) is 3.67. The maximum Gasteiger partial charge on any atom is 0.339 e. The van der Waals surface area contributed by atoms with E-state index in [1.165, 1.54) is 0 Å². The Bertz CT molecular complexity index is 752. The van der Waals surface area contributed by atoms with Crippen molar-refractivity contribution in [3.63, 3.8) is 0 Å². The highest BCUT2D eigenvalue weighted by Gasteiger charge is 2.31. The van der Waals surface area contributed by atoms with Gasteiger partial charge in [0.2, 0.25) is 0 Å². The highest BCUT2D eigenvalue weighted by molar-refractivity contribution is 6.00. The molecule has 2 aromatic carbocycles. The van der Waals surface area contributed by atoms with Gasteiger partial charge in [0, 0.05) is 12.1 Å². The molecule has 2 aromatic rings. The zero-order valence-electron chi connectivity index (χ0n) is 12.6. The van der Waals surface area contributed by atoms with E-state index in [9.17, 15) is 9.59 Å². The van der Waals surface area contributed by atoms with E-state index >= 15 is 0 Å². The van der Waals surface area contributed by atoms with Gasteiger partial charge >= 0.3 is 5.97 Å². The van der Waals surface area contributed by atoms with Crippen molar-refractivity contribution < 1.29 is 14.3 Å². The number of fused-ring (bicyclic) bond motifs is 1. The number of aryl methyl sites for hydroxylation is 2. The number of amides is 1. The first kappa shape index (κ1) is 14.3. The minimum absolute atomic E-state index is 0.295. The van der Waals surface area contributed by atoms with Gasteiger partial charge in [0.1, 0.15) is 0 Å². The SMILES string of the molecule is Cc1ccc(C)c(NC(=O)[C@@H]2Cc3ccccc3C(=O)O2)c1. The van der Waals surface area contributed by atoms with Crippen LogP contribution in [0.15, 0.2) is 42.5 Å². The van der Waals surface area contributed by atoms with E-state index in [1.54, 1.807) is 12.1 Å². The molecule has 0 aliphatic carbocycles. The molecular formula is C18H17NO3. The summed E-state index contributed by atoms with van der Waals surface area (Å²) in [4.78, 5) is 24.4. The first-order chi connectivity index (χ1) is 10.5. The average Bonchev–Trinajstić information content (AvgIpc) is 2.51. The average molecular weight is 295 g/mol. The second-order valence-electron chi connectivity index (χ2n) is 5.56. The highest BCUT2D eigenvalue weighted by Crippen LogP contribution is 2.22. The van der Waals surface area contributed by atoms with E-state index in [-0.39, 0.29) is 5.91 Å². The Morgan fingerprint density at radius 3 is 2.77 bits per heavy atom. The van der Waals surface area contributed by atoms with E-state index in [4.69, 9.17) is 4.74 Å². The lowest BCUT2D eigenvalue weighted by atomic mass is 9.98. The summed E-state index contributed by atoms with van der Waals surface area (Å²) in [7, 11) is 0. The second kappa shape index (κ2) is 5.64. The molecule has 0 fully saturated rings. The van der Waals surface area contributed by atoms with Crippen molar-refractivity contribution in [2.24, 2.45) is 0 Å². The van der Waals surface area contributed by atoms with Crippen molar-refractivity contribution in [2.75, 3.05) is 5.32 Å². The number of carbonyl (C=O) groups is 2. The van der Waals surface area contributed by atoms with Crippen LogP contribution in [0.1, 0.15) is 27.0 Å². The number of carbonyl (C=O) groups excluding carboxylic acids is 2. The molecule has 0 aromatic heterocycles. The van der Waals surface area contributed by atoms with Gasteiger partial charge in [-0.3, -0.25) is 4.79 Å². The fourth-order valence-electron chi connectivity index (χ4n) is 2.56. The number of ether oxygens (including phenoxy) is 1. The summed E-state index contributed by atoms with van der Waals surface area (Å²) >= 11 is 0. The van der Waals surface area contributed by atoms with E-state index < -0.39 is 12.1 Å². The summed E-state index contributed by atoms with van der Waals surface area (Å²) in [5.74, 6) is -0.737. The van der Waals surface area contributed by atoms with Gasteiger partial charge in [-0.15, -0.1) is 0 Å². The zero-order valence-corrected chi connectivity index (χ0v) is 12.6. The molecule has 0 saturated heterocycles. The van der Waals surface area contributed by atoms with Crippen LogP contribution in [0.4, 0.5) is 5.69 Å². The van der Waals surface area contributed by atoms with Gasteiger partial charge in [-0.25, -0.2) is 4.79 Å². The van der Waals surface area contributed by atoms with Crippen LogP contribution in [-0.2, 0) is 16.0 Å². The summed E-state index contributed by atoms with van der Waals surface area (Å²) in [5, 5.41) is 2.86. The monoisotopic (exact) mass is 295 g/mol. The van der Waals surface area contributed by atoms with Gasteiger partial charge in [-0.05, 0) is 42.7 Å². The molecule has 0 saturated carbocycles. The summed E-state index contributed by atoms with van der Waals surface area (Å²) in [6.45, 7) is 3.89. The lowest BCUT2D eigenvalue weighted by Gasteiger charge is -2.24. The van der Waals surface area contributed by atoms with Crippen LogP contribution >= 0.6 is 0 Å². The van der Waals surface area contributed by atoms with Crippen molar-refractivity contribution in [3.05, 3.63) is 64.7 Å². The molecule has 0 bridgehead atoms. The van der Waals surface area contributed by atoms with Crippen LogP contribution in [-0.4, -0.2) is 18.0 Å². The normalized spacial score (nSPS) is 16.6. The van der Waals surface area contributed by atoms with Crippen molar-refractivity contribution in [2.45, 2.75) is 26.4 Å². The van der Waals surface area contributed by atoms with E-state index in [1.807, 2.05) is 44.2 Å². The maximum absolute atomic E-state index is 12.4. The molecular weight excluding hydrogens is 278 g/mol.